The molecule has 17 heavy (non-hydrogen) atoms. The van der Waals surface area contributed by atoms with Gasteiger partial charge in [0.05, 0.1) is 18.6 Å². The fourth-order valence-electron chi connectivity index (χ4n) is 7.51. The van der Waals surface area contributed by atoms with Crippen molar-refractivity contribution < 1.29 is 19.4 Å². The second-order valence-electron chi connectivity index (χ2n) is 6.85. The van der Waals surface area contributed by atoms with E-state index in [9.17, 15) is 9.90 Å². The van der Waals surface area contributed by atoms with Crippen molar-refractivity contribution in [2.75, 3.05) is 13.2 Å². The molecule has 1 saturated heterocycles. The predicted molar refractivity (Wildman–Crippen MR) is 53.8 cm³/mol. The van der Waals surface area contributed by atoms with Crippen molar-refractivity contribution in [2.24, 2.45) is 46.8 Å². The van der Waals surface area contributed by atoms with Gasteiger partial charge in [0.2, 0.25) is 0 Å². The largest absolute Gasteiger partial charge is 0.481 e. The van der Waals surface area contributed by atoms with Gasteiger partial charge in [-0.3, -0.25) is 4.79 Å². The molecule has 8 atom stereocenters. The van der Waals surface area contributed by atoms with Crippen LogP contribution >= 0.6 is 0 Å². The molecule has 1 heterocycles. The SMILES string of the molecule is O=C(O)[C@]12[C@@H]3[C@H]4[C@H]5[C@@H](C[C@@H]41)[C@H]2C1(OCCO1)[C@H]53. The molecule has 4 bridgehead atoms. The summed E-state index contributed by atoms with van der Waals surface area (Å²) in [4.78, 5) is 11.9. The number of carboxylic acids is 1. The number of carboxylic acid groups (broad SMARTS) is 1. The third-order valence-corrected chi connectivity index (χ3v) is 7.26. The molecule has 6 aliphatic carbocycles. The van der Waals surface area contributed by atoms with Crippen LogP contribution in [0.2, 0.25) is 0 Å². The minimum atomic E-state index is -0.560. The third kappa shape index (κ3) is 0.473. The van der Waals surface area contributed by atoms with E-state index in [0.29, 0.717) is 42.8 Å². The molecule has 0 amide bonds. The summed E-state index contributed by atoms with van der Waals surface area (Å²) in [6.45, 7) is 1.31. The molecule has 4 nitrogen and oxygen atoms in total. The quantitative estimate of drug-likeness (QED) is 0.720. The highest BCUT2D eigenvalue weighted by molar-refractivity contribution is 5.82. The van der Waals surface area contributed by atoms with Crippen molar-refractivity contribution in [2.45, 2.75) is 12.2 Å². The average Bonchev–Trinajstić information content (AvgIpc) is 2.92. The van der Waals surface area contributed by atoms with Crippen LogP contribution in [-0.2, 0) is 14.3 Å². The Kier molecular flexibility index (Phi) is 0.975. The smallest absolute Gasteiger partial charge is 0.310 e. The van der Waals surface area contributed by atoms with Gasteiger partial charge in [0, 0.05) is 11.8 Å². The van der Waals surface area contributed by atoms with E-state index in [1.54, 1.807) is 0 Å². The second kappa shape index (κ2) is 1.95. The first kappa shape index (κ1) is 8.48. The van der Waals surface area contributed by atoms with Crippen molar-refractivity contribution in [3.63, 3.8) is 0 Å². The van der Waals surface area contributed by atoms with E-state index in [-0.39, 0.29) is 5.92 Å². The molecule has 0 unspecified atom stereocenters. The van der Waals surface area contributed by atoms with Crippen molar-refractivity contribution >= 4 is 5.97 Å². The van der Waals surface area contributed by atoms with E-state index in [4.69, 9.17) is 9.47 Å². The lowest BCUT2D eigenvalue weighted by Crippen LogP contribution is -2.70. The highest BCUT2D eigenvalue weighted by Crippen LogP contribution is 2.96. The molecular weight excluding hydrogens is 220 g/mol. The van der Waals surface area contributed by atoms with E-state index >= 15 is 0 Å². The van der Waals surface area contributed by atoms with Crippen LogP contribution in [0.5, 0.6) is 0 Å². The first-order valence-electron chi connectivity index (χ1n) is 6.76. The Balaban J connectivity index is 1.64. The molecule has 7 rings (SSSR count). The van der Waals surface area contributed by atoms with Crippen molar-refractivity contribution in [1.29, 1.82) is 0 Å². The van der Waals surface area contributed by atoms with Crippen LogP contribution in [-0.4, -0.2) is 30.1 Å². The highest BCUT2D eigenvalue weighted by Gasteiger charge is 3.00. The summed E-state index contributed by atoms with van der Waals surface area (Å²) in [5.74, 6) is 2.44. The third-order valence-electron chi connectivity index (χ3n) is 7.26. The maximum absolute atomic E-state index is 11.9. The van der Waals surface area contributed by atoms with E-state index in [0.717, 1.165) is 12.3 Å². The summed E-state index contributed by atoms with van der Waals surface area (Å²) in [6.07, 6.45) is 1.13. The number of hydrogen-bond donors (Lipinski definition) is 1. The van der Waals surface area contributed by atoms with E-state index in [1.165, 1.54) is 0 Å². The lowest BCUT2D eigenvalue weighted by molar-refractivity contribution is -0.252. The van der Waals surface area contributed by atoms with E-state index < -0.39 is 17.2 Å². The molecule has 7 aliphatic rings. The maximum Gasteiger partial charge on any atom is 0.310 e. The fourth-order valence-corrected chi connectivity index (χ4v) is 7.51. The first-order chi connectivity index (χ1) is 8.24. The van der Waals surface area contributed by atoms with Gasteiger partial charge in [-0.05, 0) is 36.0 Å². The Morgan fingerprint density at radius 2 is 1.94 bits per heavy atom. The Morgan fingerprint density at radius 3 is 2.65 bits per heavy atom. The summed E-state index contributed by atoms with van der Waals surface area (Å²) in [5.41, 5.74) is -0.445. The van der Waals surface area contributed by atoms with Gasteiger partial charge in [0.25, 0.3) is 0 Å². The zero-order valence-electron chi connectivity index (χ0n) is 9.33. The van der Waals surface area contributed by atoms with Crippen LogP contribution in [0.4, 0.5) is 0 Å². The standard InChI is InChI=1S/C13H14O4/c14-11(15)12-5-3-4-6-7(5)8(12)9(6)13(10(4)12)16-1-2-17-13/h4-10H,1-3H2,(H,14,15)/t4-,5+,6-,7-,8-,9-,10-,12+/m1/s1. The molecule has 0 aromatic carbocycles. The molecule has 90 valence electrons. The minimum Gasteiger partial charge on any atom is -0.481 e. The average molecular weight is 234 g/mol. The summed E-state index contributed by atoms with van der Waals surface area (Å²) < 4.78 is 11.9. The zero-order chi connectivity index (χ0) is 11.2. The van der Waals surface area contributed by atoms with Gasteiger partial charge in [-0.2, -0.15) is 0 Å². The molecule has 7 fully saturated rings. The number of hydrogen-bond acceptors (Lipinski definition) is 3. The van der Waals surface area contributed by atoms with Crippen LogP contribution in [0.1, 0.15) is 6.42 Å². The van der Waals surface area contributed by atoms with Gasteiger partial charge in [-0.25, -0.2) is 0 Å². The Hall–Kier alpha value is -0.610. The number of ether oxygens (including phenoxy) is 2. The topological polar surface area (TPSA) is 55.8 Å². The molecule has 4 heteroatoms. The molecule has 1 N–H and O–H groups in total. The van der Waals surface area contributed by atoms with E-state index in [1.807, 2.05) is 0 Å². The van der Waals surface area contributed by atoms with Crippen molar-refractivity contribution in [3.05, 3.63) is 0 Å². The first-order valence-corrected chi connectivity index (χ1v) is 6.76. The highest BCUT2D eigenvalue weighted by atomic mass is 16.7. The predicted octanol–water partition coefficient (Wildman–Crippen LogP) is 0.572. The maximum atomic E-state index is 11.9. The number of rotatable bonds is 1. The van der Waals surface area contributed by atoms with Crippen LogP contribution in [0.3, 0.4) is 0 Å². The van der Waals surface area contributed by atoms with Crippen LogP contribution in [0.25, 0.3) is 0 Å². The Bertz CT molecular complexity index is 482. The lowest BCUT2D eigenvalue weighted by Gasteiger charge is -2.67. The summed E-state index contributed by atoms with van der Waals surface area (Å²) in [7, 11) is 0. The van der Waals surface area contributed by atoms with Crippen LogP contribution in [0, 0.1) is 46.8 Å². The number of aliphatic carboxylic acids is 1. The normalized spacial score (nSPS) is 69.8. The summed E-state index contributed by atoms with van der Waals surface area (Å²) in [6, 6.07) is 0. The molecule has 0 radical (unpaired) electrons. The van der Waals surface area contributed by atoms with Crippen LogP contribution < -0.4 is 0 Å². The molecule has 0 aromatic rings. The molecular formula is C13H14O4. The summed E-state index contributed by atoms with van der Waals surface area (Å²) >= 11 is 0. The fraction of sp³-hybridized carbons (Fsp3) is 0.923. The van der Waals surface area contributed by atoms with Crippen LogP contribution in [0.15, 0.2) is 0 Å². The van der Waals surface area contributed by atoms with Gasteiger partial charge in [-0.15, -0.1) is 0 Å². The monoisotopic (exact) mass is 234 g/mol. The van der Waals surface area contributed by atoms with Gasteiger partial charge in [0.1, 0.15) is 0 Å². The van der Waals surface area contributed by atoms with E-state index in [2.05, 4.69) is 0 Å². The molecule has 0 aromatic heterocycles. The van der Waals surface area contributed by atoms with Crippen molar-refractivity contribution in [3.8, 4) is 0 Å². The molecule has 1 spiro atoms. The lowest BCUT2D eigenvalue weighted by atomic mass is 9.34. The van der Waals surface area contributed by atoms with Gasteiger partial charge in [0.15, 0.2) is 5.79 Å². The molecule has 1 aliphatic heterocycles. The Labute approximate surface area is 98.3 Å². The number of carbonyl (C=O) groups is 1. The van der Waals surface area contributed by atoms with Gasteiger partial charge < -0.3 is 14.6 Å². The molecule has 6 saturated carbocycles. The summed E-state index contributed by atoms with van der Waals surface area (Å²) in [5, 5.41) is 9.76. The van der Waals surface area contributed by atoms with Crippen molar-refractivity contribution in [1.82, 2.24) is 0 Å². The van der Waals surface area contributed by atoms with Gasteiger partial charge in [-0.1, -0.05) is 0 Å². The Morgan fingerprint density at radius 1 is 1.18 bits per heavy atom. The minimum absolute atomic E-state index is 0.171. The zero-order valence-corrected chi connectivity index (χ0v) is 9.33. The second-order valence-corrected chi connectivity index (χ2v) is 6.85. The van der Waals surface area contributed by atoms with Gasteiger partial charge >= 0.3 is 5.97 Å².